The first-order valence-electron chi connectivity index (χ1n) is 11.5. The molecular formula is C28H30N2O. The lowest BCUT2D eigenvalue weighted by molar-refractivity contribution is -0.118. The molecule has 1 atom stereocenters. The van der Waals surface area contributed by atoms with Gasteiger partial charge in [-0.1, -0.05) is 68.1 Å². The normalized spacial score (nSPS) is 15.7. The van der Waals surface area contributed by atoms with Gasteiger partial charge in [-0.05, 0) is 49.4 Å². The molecule has 1 unspecified atom stereocenters. The molecule has 1 fully saturated rings. The topological polar surface area (TPSA) is 34.4 Å². The summed E-state index contributed by atoms with van der Waals surface area (Å²) >= 11 is 0. The van der Waals surface area contributed by atoms with Crippen molar-refractivity contribution >= 4 is 22.3 Å². The van der Waals surface area contributed by atoms with E-state index in [0.717, 1.165) is 18.5 Å². The summed E-state index contributed by atoms with van der Waals surface area (Å²) in [5.41, 5.74) is 7.13. The van der Waals surface area contributed by atoms with Crippen molar-refractivity contribution in [3.05, 3.63) is 83.2 Å². The van der Waals surface area contributed by atoms with Gasteiger partial charge in [-0.15, -0.1) is 0 Å². The van der Waals surface area contributed by atoms with Gasteiger partial charge in [0, 0.05) is 35.2 Å². The Bertz CT molecular complexity index is 1230. The Morgan fingerprint density at radius 2 is 1.81 bits per heavy atom. The monoisotopic (exact) mass is 410 g/mol. The van der Waals surface area contributed by atoms with E-state index < -0.39 is 0 Å². The van der Waals surface area contributed by atoms with E-state index in [1.165, 1.54) is 59.0 Å². The van der Waals surface area contributed by atoms with Crippen LogP contribution < -0.4 is 0 Å². The zero-order chi connectivity index (χ0) is 21.4. The van der Waals surface area contributed by atoms with E-state index in [9.17, 15) is 4.79 Å². The number of aryl methyl sites for hydroxylation is 1. The Hall–Kier alpha value is -2.94. The quantitative estimate of drug-likeness (QED) is 0.357. The highest BCUT2D eigenvalue weighted by atomic mass is 16.1. The van der Waals surface area contributed by atoms with Gasteiger partial charge in [0.2, 0.25) is 0 Å². The van der Waals surface area contributed by atoms with Crippen molar-refractivity contribution in [2.24, 2.45) is 5.92 Å². The van der Waals surface area contributed by atoms with Crippen LogP contribution in [-0.4, -0.2) is 15.2 Å². The van der Waals surface area contributed by atoms with E-state index in [4.69, 9.17) is 4.98 Å². The minimum absolute atomic E-state index is 0.0395. The van der Waals surface area contributed by atoms with E-state index in [-0.39, 0.29) is 5.92 Å². The molecule has 158 valence electrons. The molecule has 0 aliphatic heterocycles. The predicted molar refractivity (Wildman–Crippen MR) is 127 cm³/mol. The number of benzene rings is 2. The van der Waals surface area contributed by atoms with Crippen molar-refractivity contribution < 1.29 is 4.79 Å². The first-order chi connectivity index (χ1) is 15.1. The molecule has 0 saturated heterocycles. The number of Topliss-reactive ketones (excluding diaryl/α,β-unsaturated/α-hetero) is 1. The van der Waals surface area contributed by atoms with Gasteiger partial charge in [-0.25, -0.2) is 4.98 Å². The Balaban J connectivity index is 1.46. The number of para-hydroxylation sites is 1. The number of carbonyl (C=O) groups is 1. The highest BCUT2D eigenvalue weighted by Crippen LogP contribution is 2.35. The fourth-order valence-corrected chi connectivity index (χ4v) is 5.44. The zero-order valence-corrected chi connectivity index (χ0v) is 18.5. The van der Waals surface area contributed by atoms with Gasteiger partial charge in [0.1, 0.15) is 11.4 Å². The molecule has 2 heterocycles. The lowest BCUT2D eigenvalue weighted by Crippen LogP contribution is -2.13. The summed E-state index contributed by atoms with van der Waals surface area (Å²) < 4.78 is 2.26. The van der Waals surface area contributed by atoms with E-state index in [0.29, 0.717) is 11.7 Å². The van der Waals surface area contributed by atoms with E-state index >= 15 is 0 Å². The molecule has 31 heavy (non-hydrogen) atoms. The number of hydrogen-bond donors (Lipinski definition) is 0. The molecule has 1 aliphatic rings. The number of hydrogen-bond acceptors (Lipinski definition) is 2. The second kappa shape index (κ2) is 8.30. The van der Waals surface area contributed by atoms with Crippen LogP contribution in [0.5, 0.6) is 0 Å². The molecule has 0 amide bonds. The number of carbonyl (C=O) groups excluding carboxylic acids is 1. The van der Waals surface area contributed by atoms with Crippen LogP contribution >= 0.6 is 0 Å². The smallest absolute Gasteiger partial charge is 0.141 e. The molecule has 0 N–H and O–H groups in total. The van der Waals surface area contributed by atoms with Crippen LogP contribution in [0.4, 0.5) is 0 Å². The maximum atomic E-state index is 12.4. The number of ketones is 1. The minimum atomic E-state index is 0.0395. The minimum Gasteiger partial charge on any atom is -0.299 e. The van der Waals surface area contributed by atoms with Crippen molar-refractivity contribution in [2.75, 3.05) is 0 Å². The van der Waals surface area contributed by atoms with Gasteiger partial charge in [0.25, 0.3) is 0 Å². The number of rotatable bonds is 6. The van der Waals surface area contributed by atoms with Gasteiger partial charge in [0.05, 0.1) is 5.52 Å². The van der Waals surface area contributed by atoms with Gasteiger partial charge in [-0.3, -0.25) is 9.20 Å². The third-order valence-electron chi connectivity index (χ3n) is 7.11. The average Bonchev–Trinajstić information content (AvgIpc) is 3.40. The van der Waals surface area contributed by atoms with Crippen molar-refractivity contribution in [1.29, 1.82) is 0 Å². The average molecular weight is 411 g/mol. The summed E-state index contributed by atoms with van der Waals surface area (Å²) in [6.45, 7) is 3.88. The van der Waals surface area contributed by atoms with Crippen LogP contribution in [0.2, 0.25) is 0 Å². The predicted octanol–water partition coefficient (Wildman–Crippen LogP) is 6.64. The molecule has 2 aromatic heterocycles. The maximum absolute atomic E-state index is 12.4. The Morgan fingerprint density at radius 3 is 2.55 bits per heavy atom. The van der Waals surface area contributed by atoms with Gasteiger partial charge >= 0.3 is 0 Å². The molecule has 5 rings (SSSR count). The van der Waals surface area contributed by atoms with Crippen molar-refractivity contribution in [3.8, 4) is 0 Å². The number of fused-ring (bicyclic) bond motifs is 3. The zero-order valence-electron chi connectivity index (χ0n) is 18.5. The van der Waals surface area contributed by atoms with E-state index in [2.05, 4.69) is 65.9 Å². The number of nitrogens with zero attached hydrogens (tertiary/aromatic N) is 2. The Labute approximate surface area is 184 Å². The Kier molecular flexibility index (Phi) is 5.35. The molecule has 1 aliphatic carbocycles. The molecule has 0 bridgehead atoms. The standard InChI is InChI=1S/C28H30N2O/c1-19-15-16-29-28-26(24-9-5-6-10-27(24)30(19)28)18-22-11-13-23(14-12-22)25(20(2)31)17-21-7-3-4-8-21/h5-6,9-16,21,25H,3-4,7-8,17-18H2,1-2H3. The third kappa shape index (κ3) is 3.78. The molecule has 3 heteroatoms. The second-order valence-electron chi connectivity index (χ2n) is 9.21. The summed E-state index contributed by atoms with van der Waals surface area (Å²) in [6, 6.07) is 19.4. The maximum Gasteiger partial charge on any atom is 0.141 e. The van der Waals surface area contributed by atoms with Gasteiger partial charge in [-0.2, -0.15) is 0 Å². The fourth-order valence-electron chi connectivity index (χ4n) is 5.44. The van der Waals surface area contributed by atoms with Crippen LogP contribution in [0.15, 0.2) is 60.8 Å². The lowest BCUT2D eigenvalue weighted by atomic mass is 9.85. The Morgan fingerprint density at radius 1 is 1.06 bits per heavy atom. The molecule has 4 aromatic rings. The molecule has 0 radical (unpaired) electrons. The molecule has 2 aromatic carbocycles. The molecule has 3 nitrogen and oxygen atoms in total. The van der Waals surface area contributed by atoms with E-state index in [1.54, 1.807) is 6.92 Å². The first kappa shape index (κ1) is 20.0. The highest BCUT2D eigenvalue weighted by molar-refractivity contribution is 5.91. The first-order valence-corrected chi connectivity index (χ1v) is 11.5. The van der Waals surface area contributed by atoms with Crippen LogP contribution in [0.25, 0.3) is 16.6 Å². The van der Waals surface area contributed by atoms with Crippen molar-refractivity contribution in [1.82, 2.24) is 9.38 Å². The van der Waals surface area contributed by atoms with Crippen LogP contribution in [-0.2, 0) is 11.2 Å². The molecular weight excluding hydrogens is 380 g/mol. The number of aromatic nitrogens is 2. The summed E-state index contributed by atoms with van der Waals surface area (Å²) in [5, 5.41) is 1.26. The van der Waals surface area contributed by atoms with Crippen LogP contribution in [0.3, 0.4) is 0 Å². The lowest BCUT2D eigenvalue weighted by Gasteiger charge is -2.19. The molecule has 0 spiro atoms. The summed E-state index contributed by atoms with van der Waals surface area (Å²) in [7, 11) is 0. The van der Waals surface area contributed by atoms with Gasteiger partial charge < -0.3 is 0 Å². The van der Waals surface area contributed by atoms with Gasteiger partial charge in [0.15, 0.2) is 0 Å². The summed E-state index contributed by atoms with van der Waals surface area (Å²) in [5.74, 6) is 1.04. The SMILES string of the molecule is CC(=O)C(CC1CCCC1)c1ccc(Cc2c3ccccc3n3c(C)ccnc23)cc1. The largest absolute Gasteiger partial charge is 0.299 e. The summed E-state index contributed by atoms with van der Waals surface area (Å²) in [6.07, 6.45) is 8.94. The van der Waals surface area contributed by atoms with Crippen molar-refractivity contribution in [2.45, 2.75) is 58.3 Å². The van der Waals surface area contributed by atoms with E-state index in [1.807, 2.05) is 6.20 Å². The van der Waals surface area contributed by atoms with Crippen LogP contribution in [0.1, 0.15) is 67.3 Å². The van der Waals surface area contributed by atoms with Crippen molar-refractivity contribution in [3.63, 3.8) is 0 Å². The highest BCUT2D eigenvalue weighted by Gasteiger charge is 2.24. The summed E-state index contributed by atoms with van der Waals surface area (Å²) in [4.78, 5) is 17.1. The third-order valence-corrected chi connectivity index (χ3v) is 7.11. The fraction of sp³-hybridized carbons (Fsp3) is 0.357. The molecule has 1 saturated carbocycles. The second-order valence-corrected chi connectivity index (χ2v) is 9.21. The van der Waals surface area contributed by atoms with Crippen LogP contribution in [0, 0.1) is 12.8 Å².